The molecule has 0 aromatic heterocycles. The van der Waals surface area contributed by atoms with E-state index in [0.29, 0.717) is 11.6 Å². The Balaban J connectivity index is 2.17. The van der Waals surface area contributed by atoms with E-state index in [9.17, 15) is 4.79 Å². The van der Waals surface area contributed by atoms with Gasteiger partial charge in [0.05, 0.1) is 0 Å². The monoisotopic (exact) mass is 299 g/mol. The van der Waals surface area contributed by atoms with Gasteiger partial charge in [0.1, 0.15) is 0 Å². The maximum absolute atomic E-state index is 12.4. The molecule has 0 N–H and O–H groups in total. The third kappa shape index (κ3) is 3.96. The Morgan fingerprint density at radius 2 is 1.81 bits per heavy atom. The first-order valence-corrected chi connectivity index (χ1v) is 7.30. The Hall–Kier alpha value is -2.06. The number of nitrogens with zero attached hydrogens (tertiary/aromatic N) is 1. The van der Waals surface area contributed by atoms with Crippen molar-refractivity contribution in [3.05, 3.63) is 70.8 Å². The second-order valence-corrected chi connectivity index (χ2v) is 5.19. The largest absolute Gasteiger partial charge is 0.309 e. The standard InChI is InChI=1S/C18H18ClNO/c1-3-20(17-7-5-4-6-14(17)2)18(21)13-10-15-8-11-16(19)12-9-15/h4-13H,3H2,1-2H3/b13-10+. The molecule has 108 valence electrons. The van der Waals surface area contributed by atoms with Crippen molar-refractivity contribution < 1.29 is 4.79 Å². The third-order valence-electron chi connectivity index (χ3n) is 3.28. The van der Waals surface area contributed by atoms with Gasteiger partial charge in [0.2, 0.25) is 0 Å². The van der Waals surface area contributed by atoms with Crippen molar-refractivity contribution in [2.45, 2.75) is 13.8 Å². The molecular formula is C18H18ClNO. The quantitative estimate of drug-likeness (QED) is 0.748. The molecule has 0 bridgehead atoms. The molecular weight excluding hydrogens is 282 g/mol. The van der Waals surface area contributed by atoms with E-state index in [2.05, 4.69) is 0 Å². The second-order valence-electron chi connectivity index (χ2n) is 4.75. The average molecular weight is 300 g/mol. The predicted octanol–water partition coefficient (Wildman–Crippen LogP) is 4.71. The molecule has 0 aliphatic carbocycles. The molecule has 0 unspecified atom stereocenters. The number of aryl methyl sites for hydroxylation is 1. The zero-order valence-corrected chi connectivity index (χ0v) is 13.0. The number of hydrogen-bond acceptors (Lipinski definition) is 1. The van der Waals surface area contributed by atoms with Gasteiger partial charge in [-0.1, -0.05) is 41.9 Å². The van der Waals surface area contributed by atoms with E-state index in [0.717, 1.165) is 16.8 Å². The van der Waals surface area contributed by atoms with Crippen molar-refractivity contribution in [2.75, 3.05) is 11.4 Å². The van der Waals surface area contributed by atoms with Crippen LogP contribution in [0.15, 0.2) is 54.6 Å². The molecule has 0 heterocycles. The number of benzene rings is 2. The van der Waals surface area contributed by atoms with E-state index < -0.39 is 0 Å². The van der Waals surface area contributed by atoms with Gasteiger partial charge in [0.25, 0.3) is 5.91 Å². The summed E-state index contributed by atoms with van der Waals surface area (Å²) < 4.78 is 0. The molecule has 2 aromatic rings. The Bertz CT molecular complexity index is 647. The first-order chi connectivity index (χ1) is 10.1. The van der Waals surface area contributed by atoms with Crippen LogP contribution in [0.2, 0.25) is 5.02 Å². The van der Waals surface area contributed by atoms with E-state index >= 15 is 0 Å². The number of carbonyl (C=O) groups is 1. The molecule has 2 rings (SSSR count). The highest BCUT2D eigenvalue weighted by molar-refractivity contribution is 6.30. The van der Waals surface area contributed by atoms with Crippen molar-refractivity contribution in [3.63, 3.8) is 0 Å². The summed E-state index contributed by atoms with van der Waals surface area (Å²) in [5.74, 6) is -0.0262. The Labute approximate surface area is 130 Å². The topological polar surface area (TPSA) is 20.3 Å². The second kappa shape index (κ2) is 7.09. The molecule has 0 atom stereocenters. The summed E-state index contributed by atoms with van der Waals surface area (Å²) in [4.78, 5) is 14.1. The molecule has 0 fully saturated rings. The van der Waals surface area contributed by atoms with Gasteiger partial charge in [-0.05, 0) is 49.2 Å². The van der Waals surface area contributed by atoms with E-state index in [4.69, 9.17) is 11.6 Å². The highest BCUT2D eigenvalue weighted by Crippen LogP contribution is 2.20. The number of amides is 1. The fourth-order valence-electron chi connectivity index (χ4n) is 2.14. The Morgan fingerprint density at radius 1 is 1.14 bits per heavy atom. The molecule has 0 radical (unpaired) electrons. The molecule has 21 heavy (non-hydrogen) atoms. The van der Waals surface area contributed by atoms with Crippen LogP contribution in [0.4, 0.5) is 5.69 Å². The number of hydrogen-bond donors (Lipinski definition) is 0. The van der Waals surface area contributed by atoms with E-state index in [1.165, 1.54) is 0 Å². The SMILES string of the molecule is CCN(C(=O)/C=C/c1ccc(Cl)cc1)c1ccccc1C. The van der Waals surface area contributed by atoms with Gasteiger partial charge < -0.3 is 4.90 Å². The van der Waals surface area contributed by atoms with Gasteiger partial charge in [0.15, 0.2) is 0 Å². The third-order valence-corrected chi connectivity index (χ3v) is 3.53. The number of halogens is 1. The van der Waals surface area contributed by atoms with Crippen LogP contribution in [0.1, 0.15) is 18.1 Å². The molecule has 0 aliphatic rings. The summed E-state index contributed by atoms with van der Waals surface area (Å²) >= 11 is 5.85. The van der Waals surface area contributed by atoms with Gasteiger partial charge in [-0.15, -0.1) is 0 Å². The minimum absolute atomic E-state index is 0.0262. The molecule has 0 aliphatic heterocycles. The summed E-state index contributed by atoms with van der Waals surface area (Å²) in [6, 6.07) is 15.3. The van der Waals surface area contributed by atoms with Crippen molar-refractivity contribution in [3.8, 4) is 0 Å². The van der Waals surface area contributed by atoms with Crippen LogP contribution in [-0.2, 0) is 4.79 Å². The van der Waals surface area contributed by atoms with Crippen LogP contribution in [0.5, 0.6) is 0 Å². The van der Waals surface area contributed by atoms with Crippen LogP contribution in [-0.4, -0.2) is 12.5 Å². The first kappa shape index (κ1) is 15.3. The number of rotatable bonds is 4. The predicted molar refractivity (Wildman–Crippen MR) is 89.7 cm³/mol. The van der Waals surface area contributed by atoms with Crippen LogP contribution in [0.3, 0.4) is 0 Å². The zero-order valence-electron chi connectivity index (χ0n) is 12.2. The van der Waals surface area contributed by atoms with Crippen molar-refractivity contribution in [1.82, 2.24) is 0 Å². The summed E-state index contributed by atoms with van der Waals surface area (Å²) in [7, 11) is 0. The fraction of sp³-hybridized carbons (Fsp3) is 0.167. The summed E-state index contributed by atoms with van der Waals surface area (Å²) in [5, 5.41) is 0.688. The molecule has 2 aromatic carbocycles. The Morgan fingerprint density at radius 3 is 2.43 bits per heavy atom. The summed E-state index contributed by atoms with van der Waals surface area (Å²) in [6.45, 7) is 4.61. The van der Waals surface area contributed by atoms with Gasteiger partial charge in [-0.2, -0.15) is 0 Å². The first-order valence-electron chi connectivity index (χ1n) is 6.92. The van der Waals surface area contributed by atoms with Gasteiger partial charge >= 0.3 is 0 Å². The van der Waals surface area contributed by atoms with Crippen LogP contribution in [0.25, 0.3) is 6.08 Å². The van der Waals surface area contributed by atoms with Crippen LogP contribution >= 0.6 is 11.6 Å². The van der Waals surface area contributed by atoms with Gasteiger partial charge in [-0.25, -0.2) is 0 Å². The van der Waals surface area contributed by atoms with Crippen molar-refractivity contribution >= 4 is 29.3 Å². The minimum atomic E-state index is -0.0262. The van der Waals surface area contributed by atoms with Gasteiger partial charge in [-0.3, -0.25) is 4.79 Å². The van der Waals surface area contributed by atoms with E-state index in [1.54, 1.807) is 17.1 Å². The number of para-hydroxylation sites is 1. The van der Waals surface area contributed by atoms with Crippen LogP contribution in [0, 0.1) is 6.92 Å². The number of likely N-dealkylation sites (N-methyl/N-ethyl adjacent to an activating group) is 1. The zero-order chi connectivity index (χ0) is 15.2. The molecule has 0 spiro atoms. The Kier molecular flexibility index (Phi) is 5.18. The number of carbonyl (C=O) groups excluding carboxylic acids is 1. The van der Waals surface area contributed by atoms with E-state index in [-0.39, 0.29) is 5.91 Å². The van der Waals surface area contributed by atoms with Crippen LogP contribution < -0.4 is 4.90 Å². The summed E-state index contributed by atoms with van der Waals surface area (Å²) in [6.07, 6.45) is 3.40. The average Bonchev–Trinajstić information content (AvgIpc) is 2.49. The lowest BCUT2D eigenvalue weighted by atomic mass is 10.1. The molecule has 0 saturated heterocycles. The lowest BCUT2D eigenvalue weighted by Gasteiger charge is -2.21. The minimum Gasteiger partial charge on any atom is -0.309 e. The maximum Gasteiger partial charge on any atom is 0.250 e. The molecule has 1 amide bonds. The van der Waals surface area contributed by atoms with Crippen molar-refractivity contribution in [2.24, 2.45) is 0 Å². The van der Waals surface area contributed by atoms with E-state index in [1.807, 2.05) is 62.4 Å². The molecule has 0 saturated carbocycles. The normalized spacial score (nSPS) is 10.8. The lowest BCUT2D eigenvalue weighted by molar-refractivity contribution is -0.114. The fourth-order valence-corrected chi connectivity index (χ4v) is 2.27. The smallest absolute Gasteiger partial charge is 0.250 e. The highest BCUT2D eigenvalue weighted by Gasteiger charge is 2.12. The summed E-state index contributed by atoms with van der Waals surface area (Å²) in [5.41, 5.74) is 2.99. The lowest BCUT2D eigenvalue weighted by Crippen LogP contribution is -2.29. The van der Waals surface area contributed by atoms with Crippen molar-refractivity contribution in [1.29, 1.82) is 0 Å². The highest BCUT2D eigenvalue weighted by atomic mass is 35.5. The molecule has 3 heteroatoms. The number of anilines is 1. The van der Waals surface area contributed by atoms with Gasteiger partial charge in [0, 0.05) is 23.3 Å². The molecule has 2 nitrogen and oxygen atoms in total. The maximum atomic E-state index is 12.4.